The Hall–Kier alpha value is -2.50. The molecule has 0 aromatic carbocycles. The van der Waals surface area contributed by atoms with Gasteiger partial charge in [-0.1, -0.05) is 176 Å². The van der Waals surface area contributed by atoms with Crippen molar-refractivity contribution in [3.63, 3.8) is 0 Å². The van der Waals surface area contributed by atoms with Gasteiger partial charge in [-0.25, -0.2) is 28.1 Å². The lowest BCUT2D eigenvalue weighted by Gasteiger charge is -2.35. The van der Waals surface area contributed by atoms with Crippen molar-refractivity contribution < 1.29 is 0 Å². The minimum Gasteiger partial charge on any atom is -0.249 e. The Morgan fingerprint density at radius 1 is 0.373 bits per heavy atom. The molecule has 6 atom stereocenters. The van der Waals surface area contributed by atoms with Crippen LogP contribution in [-0.4, -0.2) is 42.3 Å². The number of unbranched alkanes of at least 4 members (excludes halogenated alkanes) is 6. The Labute approximate surface area is 471 Å². The Kier molecular flexibility index (Phi) is 38.2. The average Bonchev–Trinajstić information content (AvgIpc) is 3.37. The summed E-state index contributed by atoms with van der Waals surface area (Å²) in [5, 5.41) is 0. The van der Waals surface area contributed by atoms with Gasteiger partial charge in [0.2, 0.25) is 0 Å². The van der Waals surface area contributed by atoms with E-state index < -0.39 is 17.1 Å². The van der Waals surface area contributed by atoms with E-state index >= 15 is 0 Å². The van der Waals surface area contributed by atoms with Gasteiger partial charge in [0.05, 0.1) is 28.6 Å². The van der Waals surface area contributed by atoms with Gasteiger partial charge in [-0.3, -0.25) is 0 Å². The van der Waals surface area contributed by atoms with Crippen molar-refractivity contribution in [3.05, 3.63) is 107 Å². The van der Waals surface area contributed by atoms with Gasteiger partial charge in [0.25, 0.3) is 0 Å². The lowest BCUT2D eigenvalue weighted by molar-refractivity contribution is 0.186. The molecule has 1 aromatic rings. The Balaban J connectivity index is 3.89. The van der Waals surface area contributed by atoms with E-state index in [2.05, 4.69) is 120 Å². The minimum absolute atomic E-state index is 0.274. The SMILES string of the molecule is C=CCC(CC(CC=C)[Si]Cn1c(=O)n(C[Si]C(CC=C)CC(CC=C)CC(C)(CCCC)CCCC)c(=O)n(C[Si]C(CC=C)CC(CC=C)CC(C)(CCCC)CCCC)c1=O)CC(C)(CCCC)CCCC. The molecule has 0 N–H and O–H groups in total. The summed E-state index contributed by atoms with van der Waals surface area (Å²) in [6.45, 7) is 46.4. The minimum atomic E-state index is -0.449. The number of nitrogens with zero attached hydrogens (tertiary/aromatic N) is 3. The summed E-state index contributed by atoms with van der Waals surface area (Å²) < 4.78 is 4.35. The second kappa shape index (κ2) is 40.7. The number of allylic oxidation sites excluding steroid dienone is 6. The van der Waals surface area contributed by atoms with Crippen LogP contribution in [0, 0.1) is 34.0 Å². The molecule has 1 aromatic heterocycles. The molecule has 426 valence electrons. The zero-order chi connectivity index (χ0) is 56.1. The highest BCUT2D eigenvalue weighted by atomic mass is 28.2. The quantitative estimate of drug-likeness (QED) is 0.0482. The van der Waals surface area contributed by atoms with Crippen LogP contribution >= 0.6 is 0 Å². The fraction of sp³-hybridized carbons (Fsp3) is 0.773. The highest BCUT2D eigenvalue weighted by molar-refractivity contribution is 6.37. The zero-order valence-corrected chi connectivity index (χ0v) is 53.6. The normalized spacial score (nSPS) is 14.7. The molecule has 6 radical (unpaired) electrons. The molecule has 0 saturated heterocycles. The second-order valence-corrected chi connectivity index (χ2v) is 29.0. The lowest BCUT2D eigenvalue weighted by Crippen LogP contribution is -2.56. The van der Waals surface area contributed by atoms with Crippen LogP contribution in [0.5, 0.6) is 0 Å². The standard InChI is InChI=1S/C66H117N3O3Si3/c1-16-28-40-64(13,41-29-17-2)49-55(34-22-7)46-58(37-25-10)73-52-67-61(70)68(53-74-59(38-26-11)47-56(35-23-8)50-65(14,42-30-18-3)43-31-19-4)63(72)69(62(67)71)54-75-60(39-27-12)48-57(36-24-9)51-66(15,44-32-20-5)45-33-21-6/h22-27,55-60H,7-12,16-21,28-54H2,1-6,13-15H3. The number of rotatable bonds is 51. The topological polar surface area (TPSA) is 66.0 Å². The summed E-state index contributed by atoms with van der Waals surface area (Å²) in [5.74, 6) is 1.40. The third-order valence-corrected chi connectivity index (χ3v) is 21.5. The van der Waals surface area contributed by atoms with E-state index in [1.54, 1.807) is 0 Å². The van der Waals surface area contributed by atoms with E-state index in [-0.39, 0.29) is 32.9 Å². The van der Waals surface area contributed by atoms with Crippen LogP contribution in [0.4, 0.5) is 0 Å². The molecule has 0 aliphatic heterocycles. The predicted octanol–water partition coefficient (Wildman–Crippen LogP) is 18.3. The molecule has 0 aliphatic carbocycles. The van der Waals surface area contributed by atoms with Crippen molar-refractivity contribution in [2.75, 3.05) is 0 Å². The van der Waals surface area contributed by atoms with Crippen molar-refractivity contribution in [2.24, 2.45) is 34.0 Å². The molecule has 0 saturated carbocycles. The summed E-state index contributed by atoms with van der Waals surface area (Å²) in [6, 6.07) is 0. The molecule has 0 aliphatic rings. The van der Waals surface area contributed by atoms with Crippen molar-refractivity contribution in [2.45, 2.75) is 290 Å². The number of hydrogen-bond donors (Lipinski definition) is 0. The predicted molar refractivity (Wildman–Crippen MR) is 336 cm³/mol. The van der Waals surface area contributed by atoms with Gasteiger partial charge in [0.15, 0.2) is 0 Å². The van der Waals surface area contributed by atoms with Gasteiger partial charge in [-0.15, -0.1) is 39.5 Å². The molecule has 1 rings (SSSR count). The highest BCUT2D eigenvalue weighted by Gasteiger charge is 2.32. The van der Waals surface area contributed by atoms with Crippen molar-refractivity contribution in [1.82, 2.24) is 13.7 Å². The lowest BCUT2D eigenvalue weighted by atomic mass is 9.72. The maximum atomic E-state index is 14.9. The first-order valence-electron chi connectivity index (χ1n) is 30.8. The summed E-state index contributed by atoms with van der Waals surface area (Å²) in [5.41, 5.74) is 0.312. The van der Waals surface area contributed by atoms with E-state index in [0.29, 0.717) is 64.8 Å². The fourth-order valence-corrected chi connectivity index (χ4v) is 17.2. The van der Waals surface area contributed by atoms with E-state index in [1.807, 2.05) is 18.2 Å². The van der Waals surface area contributed by atoms with Crippen LogP contribution < -0.4 is 17.1 Å². The second-order valence-electron chi connectivity index (χ2n) is 24.4. The molecule has 6 nitrogen and oxygen atoms in total. The van der Waals surface area contributed by atoms with Crippen LogP contribution in [-0.2, 0) is 18.5 Å². The number of hydrogen-bond acceptors (Lipinski definition) is 3. The molecule has 9 heteroatoms. The Morgan fingerprint density at radius 2 is 0.573 bits per heavy atom. The monoisotopic (exact) mass is 1080 g/mol. The maximum absolute atomic E-state index is 14.9. The first-order chi connectivity index (χ1) is 36.0. The van der Waals surface area contributed by atoms with Crippen molar-refractivity contribution >= 4 is 28.6 Å². The van der Waals surface area contributed by atoms with Crippen LogP contribution in [0.2, 0.25) is 16.6 Å². The molecule has 0 bridgehead atoms. The fourth-order valence-electron chi connectivity index (χ4n) is 12.5. The van der Waals surface area contributed by atoms with Gasteiger partial charge in [-0.2, -0.15) is 0 Å². The maximum Gasteiger partial charge on any atom is 0.335 e. The smallest absolute Gasteiger partial charge is 0.249 e. The van der Waals surface area contributed by atoms with Gasteiger partial charge < -0.3 is 0 Å². The summed E-state index contributed by atoms with van der Waals surface area (Å²) in [6.07, 6.45) is 47.2. The van der Waals surface area contributed by atoms with Crippen molar-refractivity contribution in [1.29, 1.82) is 0 Å². The highest BCUT2D eigenvalue weighted by Crippen LogP contribution is 2.44. The van der Waals surface area contributed by atoms with Gasteiger partial charge in [-0.05, 0) is 166 Å². The first kappa shape index (κ1) is 70.5. The molecular weight excluding hydrogens is 967 g/mol. The zero-order valence-electron chi connectivity index (χ0n) is 50.6. The average molecular weight is 1080 g/mol. The van der Waals surface area contributed by atoms with Gasteiger partial charge in [0, 0.05) is 18.5 Å². The third kappa shape index (κ3) is 27.8. The van der Waals surface area contributed by atoms with Crippen LogP contribution in [0.15, 0.2) is 90.3 Å². The third-order valence-electron chi connectivity index (χ3n) is 16.9. The van der Waals surface area contributed by atoms with E-state index in [4.69, 9.17) is 0 Å². The van der Waals surface area contributed by atoms with E-state index in [0.717, 1.165) is 77.0 Å². The molecule has 0 amide bonds. The molecule has 0 spiro atoms. The molecule has 6 unspecified atom stereocenters. The Bertz CT molecular complexity index is 1640. The van der Waals surface area contributed by atoms with Gasteiger partial charge >= 0.3 is 17.1 Å². The molecular formula is C66H117N3O3Si3. The van der Waals surface area contributed by atoms with Gasteiger partial charge in [0.1, 0.15) is 0 Å². The Morgan fingerprint density at radius 3 is 0.747 bits per heavy atom. The molecule has 75 heavy (non-hydrogen) atoms. The van der Waals surface area contributed by atoms with Crippen LogP contribution in [0.1, 0.15) is 255 Å². The largest absolute Gasteiger partial charge is 0.335 e. The van der Waals surface area contributed by atoms with E-state index in [1.165, 1.54) is 129 Å². The summed E-state index contributed by atoms with van der Waals surface area (Å²) in [7, 11) is 1.01. The summed E-state index contributed by atoms with van der Waals surface area (Å²) >= 11 is 0. The van der Waals surface area contributed by atoms with Crippen molar-refractivity contribution in [3.8, 4) is 0 Å². The van der Waals surface area contributed by atoms with Crippen LogP contribution in [0.25, 0.3) is 0 Å². The first-order valence-corrected chi connectivity index (χ1v) is 34.6. The molecule has 0 fully saturated rings. The summed E-state index contributed by atoms with van der Waals surface area (Å²) in [4.78, 5) is 44.7. The van der Waals surface area contributed by atoms with E-state index in [9.17, 15) is 14.4 Å². The van der Waals surface area contributed by atoms with Crippen LogP contribution in [0.3, 0.4) is 0 Å². The number of aromatic nitrogens is 3. The molecule has 1 heterocycles.